The number of hydrazone groups is 1. The van der Waals surface area contributed by atoms with E-state index >= 15 is 0 Å². The first-order valence-electron chi connectivity index (χ1n) is 9.34. The highest BCUT2D eigenvalue weighted by molar-refractivity contribution is 6.30. The van der Waals surface area contributed by atoms with Crippen LogP contribution in [0.1, 0.15) is 35.4 Å². The van der Waals surface area contributed by atoms with Gasteiger partial charge in [-0.15, -0.1) is 0 Å². The largest absolute Gasteiger partial charge is 0.497 e. The van der Waals surface area contributed by atoms with Gasteiger partial charge in [0.1, 0.15) is 17.3 Å². The Hall–Kier alpha value is -3.05. The van der Waals surface area contributed by atoms with E-state index in [1.807, 2.05) is 47.5 Å². The number of nitrogens with zero attached hydrogens (tertiary/aromatic N) is 2. The molecule has 0 spiro atoms. The highest BCUT2D eigenvalue weighted by atomic mass is 35.5. The summed E-state index contributed by atoms with van der Waals surface area (Å²) in [5, 5.41) is 7.43. The summed E-state index contributed by atoms with van der Waals surface area (Å²) in [5.74, 6) is 1.21. The van der Waals surface area contributed by atoms with Crippen LogP contribution in [0, 0.1) is 5.82 Å². The normalized spacial score (nSPS) is 19.8. The molecule has 4 nitrogen and oxygen atoms in total. The lowest BCUT2D eigenvalue weighted by atomic mass is 9.96. The van der Waals surface area contributed by atoms with E-state index in [1.54, 1.807) is 19.2 Å². The minimum Gasteiger partial charge on any atom is -0.497 e. The number of fused-ring (bicyclic) bond motifs is 3. The quantitative estimate of drug-likeness (QED) is 0.555. The highest BCUT2D eigenvalue weighted by Gasteiger charge is 2.41. The molecule has 2 heterocycles. The van der Waals surface area contributed by atoms with E-state index in [9.17, 15) is 4.39 Å². The first kappa shape index (κ1) is 18.0. The molecular weight excluding hydrogens is 391 g/mol. The molecule has 0 aromatic heterocycles. The molecule has 0 N–H and O–H groups in total. The second-order valence-electron chi connectivity index (χ2n) is 7.09. The molecule has 6 heteroatoms. The molecule has 3 aromatic carbocycles. The predicted molar refractivity (Wildman–Crippen MR) is 110 cm³/mol. The summed E-state index contributed by atoms with van der Waals surface area (Å²) in [6, 6.07) is 19.8. The Labute approximate surface area is 173 Å². The summed E-state index contributed by atoms with van der Waals surface area (Å²) in [7, 11) is 1.64. The van der Waals surface area contributed by atoms with Crippen molar-refractivity contribution in [3.05, 3.63) is 94.3 Å². The summed E-state index contributed by atoms with van der Waals surface area (Å²) in [4.78, 5) is 0. The molecule has 2 aliphatic rings. The van der Waals surface area contributed by atoms with Gasteiger partial charge in [-0.25, -0.2) is 9.40 Å². The van der Waals surface area contributed by atoms with Crippen molar-refractivity contribution < 1.29 is 13.9 Å². The Bertz CT molecular complexity index is 1120. The van der Waals surface area contributed by atoms with Crippen molar-refractivity contribution in [3.8, 4) is 11.5 Å². The lowest BCUT2D eigenvalue weighted by Crippen LogP contribution is -2.33. The van der Waals surface area contributed by atoms with Gasteiger partial charge < -0.3 is 9.47 Å². The molecule has 2 atom stereocenters. The predicted octanol–water partition coefficient (Wildman–Crippen LogP) is 5.73. The van der Waals surface area contributed by atoms with Gasteiger partial charge in [-0.3, -0.25) is 0 Å². The van der Waals surface area contributed by atoms with Crippen LogP contribution < -0.4 is 9.47 Å². The van der Waals surface area contributed by atoms with Gasteiger partial charge in [0.05, 0.1) is 18.9 Å². The fourth-order valence-electron chi connectivity index (χ4n) is 3.92. The number of hydrogen-bond donors (Lipinski definition) is 0. The molecule has 0 fully saturated rings. The average molecular weight is 409 g/mol. The first-order valence-corrected chi connectivity index (χ1v) is 9.72. The summed E-state index contributed by atoms with van der Waals surface area (Å²) < 4.78 is 25.5. The molecule has 0 saturated carbocycles. The molecule has 2 aliphatic heterocycles. The maximum Gasteiger partial charge on any atom is 0.213 e. The van der Waals surface area contributed by atoms with Gasteiger partial charge in [0, 0.05) is 28.1 Å². The number of halogens is 2. The topological polar surface area (TPSA) is 34.1 Å². The molecule has 0 radical (unpaired) electrons. The van der Waals surface area contributed by atoms with E-state index in [-0.39, 0.29) is 11.9 Å². The molecule has 0 saturated heterocycles. The van der Waals surface area contributed by atoms with Crippen LogP contribution in [0.3, 0.4) is 0 Å². The second kappa shape index (κ2) is 7.08. The van der Waals surface area contributed by atoms with Crippen LogP contribution in [0.25, 0.3) is 0 Å². The number of rotatable bonds is 3. The van der Waals surface area contributed by atoms with E-state index in [0.717, 1.165) is 28.3 Å². The van der Waals surface area contributed by atoms with Crippen molar-refractivity contribution in [2.24, 2.45) is 5.10 Å². The SMILES string of the molecule is COc1cccc(C2=NN3[C@H](C2)c2cc(Cl)ccc2O[C@H]3c2cccc(F)c2)c1. The van der Waals surface area contributed by atoms with Crippen LogP contribution in [-0.4, -0.2) is 17.8 Å². The molecule has 0 unspecified atom stereocenters. The Kier molecular flexibility index (Phi) is 4.40. The zero-order valence-electron chi connectivity index (χ0n) is 15.7. The van der Waals surface area contributed by atoms with Gasteiger partial charge in [-0.1, -0.05) is 35.9 Å². The van der Waals surface area contributed by atoms with Crippen molar-refractivity contribution in [1.29, 1.82) is 0 Å². The zero-order chi connectivity index (χ0) is 20.0. The molecule has 3 aromatic rings. The van der Waals surface area contributed by atoms with E-state index in [4.69, 9.17) is 26.2 Å². The molecular formula is C23H18ClFN2O2. The van der Waals surface area contributed by atoms with Crippen molar-refractivity contribution in [1.82, 2.24) is 5.01 Å². The monoisotopic (exact) mass is 408 g/mol. The third-order valence-electron chi connectivity index (χ3n) is 5.29. The van der Waals surface area contributed by atoms with Crippen LogP contribution in [0.5, 0.6) is 11.5 Å². The van der Waals surface area contributed by atoms with Gasteiger partial charge in [0.15, 0.2) is 0 Å². The lowest BCUT2D eigenvalue weighted by Gasteiger charge is -2.38. The highest BCUT2D eigenvalue weighted by Crippen LogP contribution is 2.48. The van der Waals surface area contributed by atoms with Crippen molar-refractivity contribution in [3.63, 3.8) is 0 Å². The average Bonchev–Trinajstić information content (AvgIpc) is 3.19. The second-order valence-corrected chi connectivity index (χ2v) is 7.52. The van der Waals surface area contributed by atoms with Crippen LogP contribution in [0.2, 0.25) is 5.02 Å². The Morgan fingerprint density at radius 1 is 1.10 bits per heavy atom. The Balaban J connectivity index is 1.60. The summed E-state index contributed by atoms with van der Waals surface area (Å²) in [5.41, 5.74) is 3.60. The van der Waals surface area contributed by atoms with Gasteiger partial charge in [-0.2, -0.15) is 5.10 Å². The zero-order valence-corrected chi connectivity index (χ0v) is 16.4. The van der Waals surface area contributed by atoms with E-state index < -0.39 is 6.23 Å². The molecule has 0 amide bonds. The minimum atomic E-state index is -0.521. The number of methoxy groups -OCH3 is 1. The molecule has 29 heavy (non-hydrogen) atoms. The van der Waals surface area contributed by atoms with Crippen LogP contribution in [0.15, 0.2) is 71.8 Å². The fraction of sp³-hybridized carbons (Fsp3) is 0.174. The Morgan fingerprint density at radius 2 is 1.97 bits per heavy atom. The summed E-state index contributed by atoms with van der Waals surface area (Å²) >= 11 is 6.26. The van der Waals surface area contributed by atoms with Gasteiger partial charge in [0.2, 0.25) is 6.23 Å². The van der Waals surface area contributed by atoms with E-state index in [1.165, 1.54) is 12.1 Å². The summed E-state index contributed by atoms with van der Waals surface area (Å²) in [6.07, 6.45) is 0.169. The molecule has 5 rings (SSSR count). The van der Waals surface area contributed by atoms with Crippen molar-refractivity contribution >= 4 is 17.3 Å². The number of ether oxygens (including phenoxy) is 2. The van der Waals surface area contributed by atoms with Crippen molar-refractivity contribution in [2.75, 3.05) is 7.11 Å². The van der Waals surface area contributed by atoms with E-state index in [2.05, 4.69) is 0 Å². The van der Waals surface area contributed by atoms with Gasteiger partial charge >= 0.3 is 0 Å². The maximum atomic E-state index is 13.9. The number of benzene rings is 3. The van der Waals surface area contributed by atoms with Crippen LogP contribution in [0.4, 0.5) is 4.39 Å². The molecule has 0 bridgehead atoms. The Morgan fingerprint density at radius 3 is 2.79 bits per heavy atom. The standard InChI is InChI=1S/C23H18ClFN2O2/c1-28-18-7-3-4-14(11-18)20-13-21-19-12-16(24)8-9-22(19)29-23(27(21)26-20)15-5-2-6-17(25)10-15/h2-12,21,23H,13H2,1H3/t21-,23+/m1/s1. The smallest absolute Gasteiger partial charge is 0.213 e. The molecule has 0 aliphatic carbocycles. The lowest BCUT2D eigenvalue weighted by molar-refractivity contribution is -0.0192. The van der Waals surface area contributed by atoms with Crippen LogP contribution >= 0.6 is 11.6 Å². The third kappa shape index (κ3) is 3.21. The third-order valence-corrected chi connectivity index (χ3v) is 5.52. The van der Waals surface area contributed by atoms with E-state index in [0.29, 0.717) is 17.0 Å². The first-order chi connectivity index (χ1) is 14.1. The minimum absolute atomic E-state index is 0.0491. The van der Waals surface area contributed by atoms with Crippen LogP contribution in [-0.2, 0) is 0 Å². The van der Waals surface area contributed by atoms with Gasteiger partial charge in [-0.05, 0) is 42.5 Å². The maximum absolute atomic E-state index is 13.9. The number of hydrogen-bond acceptors (Lipinski definition) is 4. The van der Waals surface area contributed by atoms with Gasteiger partial charge in [0.25, 0.3) is 0 Å². The van der Waals surface area contributed by atoms with Crippen molar-refractivity contribution in [2.45, 2.75) is 18.7 Å². The summed E-state index contributed by atoms with van der Waals surface area (Å²) in [6.45, 7) is 0. The molecule has 146 valence electrons. The fourth-order valence-corrected chi connectivity index (χ4v) is 4.10.